The van der Waals surface area contributed by atoms with Crippen molar-refractivity contribution in [2.24, 2.45) is 0 Å². The van der Waals surface area contributed by atoms with Crippen molar-refractivity contribution in [3.63, 3.8) is 0 Å². The third-order valence-electron chi connectivity index (χ3n) is 7.21. The molecule has 3 nitrogen and oxygen atoms in total. The van der Waals surface area contributed by atoms with Crippen LogP contribution < -0.4 is 0 Å². The van der Waals surface area contributed by atoms with Gasteiger partial charge in [-0.1, -0.05) is 58.0 Å². The molecule has 0 amide bonds. The van der Waals surface area contributed by atoms with E-state index >= 15 is 0 Å². The lowest BCUT2D eigenvalue weighted by molar-refractivity contribution is -0.123. The quantitative estimate of drug-likeness (QED) is 0.497. The van der Waals surface area contributed by atoms with E-state index in [1.54, 1.807) is 24.3 Å². The second-order valence-electron chi connectivity index (χ2n) is 10.3. The largest absolute Gasteiger partial charge is 0.299 e. The molecule has 0 aliphatic heterocycles. The van der Waals surface area contributed by atoms with Crippen LogP contribution in [-0.4, -0.2) is 17.3 Å². The van der Waals surface area contributed by atoms with Crippen molar-refractivity contribution in [1.82, 2.24) is 0 Å². The fraction of sp³-hybridized carbons (Fsp3) is 0.444. The monoisotopic (exact) mass is 402 g/mol. The third kappa shape index (κ3) is 3.34. The first-order chi connectivity index (χ1) is 14.0. The molecular formula is C27H30O3. The highest BCUT2D eigenvalue weighted by atomic mass is 16.2. The van der Waals surface area contributed by atoms with Gasteiger partial charge >= 0.3 is 0 Å². The van der Waals surface area contributed by atoms with Gasteiger partial charge in [0.1, 0.15) is 17.5 Å². The van der Waals surface area contributed by atoms with E-state index in [0.29, 0.717) is 24.0 Å². The van der Waals surface area contributed by atoms with Crippen molar-refractivity contribution in [2.45, 2.75) is 77.0 Å². The summed E-state index contributed by atoms with van der Waals surface area (Å²) in [5, 5.41) is 0. The lowest BCUT2D eigenvalue weighted by Gasteiger charge is -2.42. The molecule has 2 aliphatic carbocycles. The fourth-order valence-corrected chi connectivity index (χ4v) is 5.04. The van der Waals surface area contributed by atoms with Gasteiger partial charge in [0.05, 0.1) is 0 Å². The van der Waals surface area contributed by atoms with Crippen LogP contribution in [0.5, 0.6) is 0 Å². The van der Waals surface area contributed by atoms with Crippen LogP contribution in [0.3, 0.4) is 0 Å². The summed E-state index contributed by atoms with van der Waals surface area (Å²) < 4.78 is 0. The van der Waals surface area contributed by atoms with Gasteiger partial charge in [0.25, 0.3) is 0 Å². The topological polar surface area (TPSA) is 51.2 Å². The van der Waals surface area contributed by atoms with E-state index in [0.717, 1.165) is 24.0 Å². The Kier molecular flexibility index (Phi) is 4.84. The van der Waals surface area contributed by atoms with E-state index in [1.165, 1.54) is 11.1 Å². The number of carbonyl (C=O) groups is 3. The van der Waals surface area contributed by atoms with Crippen LogP contribution in [0.15, 0.2) is 36.4 Å². The maximum atomic E-state index is 13.4. The highest BCUT2D eigenvalue weighted by Crippen LogP contribution is 2.46. The van der Waals surface area contributed by atoms with Crippen molar-refractivity contribution in [1.29, 1.82) is 0 Å². The summed E-state index contributed by atoms with van der Waals surface area (Å²) in [5.41, 5.74) is 5.79. The van der Waals surface area contributed by atoms with Crippen molar-refractivity contribution >= 4 is 17.3 Å². The number of rotatable bonds is 3. The van der Waals surface area contributed by atoms with Gasteiger partial charge in [-0.25, -0.2) is 0 Å². The first kappa shape index (κ1) is 20.7. The summed E-state index contributed by atoms with van der Waals surface area (Å²) in [5.74, 6) is -0.698. The predicted octanol–water partition coefficient (Wildman–Crippen LogP) is 5.59. The van der Waals surface area contributed by atoms with Crippen molar-refractivity contribution in [3.8, 4) is 0 Å². The molecule has 0 aromatic heterocycles. The molecule has 2 aromatic carbocycles. The van der Waals surface area contributed by atoms with Gasteiger partial charge in [-0.2, -0.15) is 0 Å². The lowest BCUT2D eigenvalue weighted by atomic mass is 9.62. The molecule has 0 atom stereocenters. The minimum atomic E-state index is -0.650. The normalized spacial score (nSPS) is 20.3. The summed E-state index contributed by atoms with van der Waals surface area (Å²) in [6.07, 6.45) is 2.89. The maximum absolute atomic E-state index is 13.4. The van der Waals surface area contributed by atoms with Gasteiger partial charge < -0.3 is 0 Å². The number of fused-ring (bicyclic) bond motifs is 1. The zero-order valence-electron chi connectivity index (χ0n) is 18.6. The van der Waals surface area contributed by atoms with Gasteiger partial charge in [0.15, 0.2) is 5.78 Å². The van der Waals surface area contributed by atoms with E-state index < -0.39 is 5.92 Å². The van der Waals surface area contributed by atoms with Crippen LogP contribution in [0.4, 0.5) is 0 Å². The molecule has 0 N–H and O–H groups in total. The van der Waals surface area contributed by atoms with Crippen LogP contribution in [0.25, 0.3) is 0 Å². The smallest absolute Gasteiger partial charge is 0.193 e. The Morgan fingerprint density at radius 2 is 1.33 bits per heavy atom. The van der Waals surface area contributed by atoms with Crippen LogP contribution in [0.1, 0.15) is 97.5 Å². The molecule has 0 heterocycles. The molecule has 0 bridgehead atoms. The number of carbonyl (C=O) groups excluding carboxylic acids is 3. The van der Waals surface area contributed by atoms with Crippen LogP contribution in [0, 0.1) is 6.92 Å². The molecule has 2 aromatic rings. The SMILES string of the molecule is Cc1cc2c(cc1C(=O)c1ccc(C3C(=O)CCC3=O)cc1)C(C)(C)CCC2(C)C. The van der Waals surface area contributed by atoms with Crippen LogP contribution >= 0.6 is 0 Å². The van der Waals surface area contributed by atoms with E-state index in [2.05, 4.69) is 39.8 Å². The van der Waals surface area contributed by atoms with Crippen molar-refractivity contribution in [3.05, 3.63) is 69.8 Å². The zero-order valence-corrected chi connectivity index (χ0v) is 18.6. The van der Waals surface area contributed by atoms with E-state index in [9.17, 15) is 14.4 Å². The lowest BCUT2D eigenvalue weighted by Crippen LogP contribution is -2.34. The van der Waals surface area contributed by atoms with Gasteiger partial charge in [0, 0.05) is 24.0 Å². The van der Waals surface area contributed by atoms with Crippen LogP contribution in [0.2, 0.25) is 0 Å². The second-order valence-corrected chi connectivity index (χ2v) is 10.3. The number of Topliss-reactive ketones (excluding diaryl/α,β-unsaturated/α-hetero) is 2. The zero-order chi connectivity index (χ0) is 21.8. The summed E-state index contributed by atoms with van der Waals surface area (Å²) in [7, 11) is 0. The van der Waals surface area contributed by atoms with Gasteiger partial charge in [-0.15, -0.1) is 0 Å². The minimum absolute atomic E-state index is 0.00916. The summed E-state index contributed by atoms with van der Waals surface area (Å²) in [4.78, 5) is 37.4. The Labute approximate surface area is 178 Å². The molecule has 30 heavy (non-hydrogen) atoms. The highest BCUT2D eigenvalue weighted by molar-refractivity contribution is 6.13. The molecule has 0 unspecified atom stereocenters. The van der Waals surface area contributed by atoms with E-state index in [4.69, 9.17) is 0 Å². The highest BCUT2D eigenvalue weighted by Gasteiger charge is 2.38. The predicted molar refractivity (Wildman–Crippen MR) is 118 cm³/mol. The molecule has 0 radical (unpaired) electrons. The molecule has 4 rings (SSSR count). The summed E-state index contributed by atoms with van der Waals surface area (Å²) in [6.45, 7) is 11.1. The Balaban J connectivity index is 1.70. The Morgan fingerprint density at radius 3 is 1.87 bits per heavy atom. The standard InChI is InChI=1S/C27H30O3/c1-16-14-20-21(27(4,5)13-12-26(20,2)3)15-19(16)25(30)18-8-6-17(7-9-18)24-22(28)10-11-23(24)29/h6-9,14-15,24H,10-13H2,1-5H3. The summed E-state index contributed by atoms with van der Waals surface area (Å²) in [6, 6.07) is 11.3. The third-order valence-corrected chi connectivity index (χ3v) is 7.21. The van der Waals surface area contributed by atoms with Crippen LogP contribution in [-0.2, 0) is 20.4 Å². The second kappa shape index (κ2) is 7.01. The summed E-state index contributed by atoms with van der Waals surface area (Å²) >= 11 is 0. The Hall–Kier alpha value is -2.55. The first-order valence-corrected chi connectivity index (χ1v) is 10.9. The van der Waals surface area contributed by atoms with Crippen molar-refractivity contribution < 1.29 is 14.4 Å². The maximum Gasteiger partial charge on any atom is 0.193 e. The number of hydrogen-bond donors (Lipinski definition) is 0. The van der Waals surface area contributed by atoms with E-state index in [1.807, 2.05) is 6.92 Å². The molecule has 156 valence electrons. The Bertz CT molecular complexity index is 1040. The molecule has 0 spiro atoms. The molecule has 1 fully saturated rings. The molecular weight excluding hydrogens is 372 g/mol. The number of ketones is 3. The van der Waals surface area contributed by atoms with Gasteiger partial charge in [-0.05, 0) is 58.9 Å². The molecule has 3 heteroatoms. The average Bonchev–Trinajstić information content (AvgIpc) is 3.03. The molecule has 2 aliphatic rings. The number of aryl methyl sites for hydroxylation is 1. The van der Waals surface area contributed by atoms with Crippen molar-refractivity contribution in [2.75, 3.05) is 0 Å². The van der Waals surface area contributed by atoms with Gasteiger partial charge in [0.2, 0.25) is 0 Å². The molecule has 1 saturated carbocycles. The first-order valence-electron chi connectivity index (χ1n) is 10.9. The van der Waals surface area contributed by atoms with E-state index in [-0.39, 0.29) is 28.2 Å². The van der Waals surface area contributed by atoms with Gasteiger partial charge in [-0.3, -0.25) is 14.4 Å². The minimum Gasteiger partial charge on any atom is -0.299 e. The number of hydrogen-bond acceptors (Lipinski definition) is 3. The number of benzene rings is 2. The molecule has 0 saturated heterocycles. The average molecular weight is 403 g/mol. The Morgan fingerprint density at radius 1 is 0.833 bits per heavy atom. The fourth-order valence-electron chi connectivity index (χ4n) is 5.04.